The largest absolute Gasteiger partial charge is 0.383 e. The van der Waals surface area contributed by atoms with E-state index in [2.05, 4.69) is 0 Å². The van der Waals surface area contributed by atoms with E-state index in [1.54, 1.807) is 6.92 Å². The van der Waals surface area contributed by atoms with Gasteiger partial charge in [0.05, 0.1) is 6.61 Å². The number of methoxy groups -OCH3 is 1. The fourth-order valence-electron chi connectivity index (χ4n) is 2.47. The Bertz CT molecular complexity index is 466. The van der Waals surface area contributed by atoms with Crippen molar-refractivity contribution in [3.05, 3.63) is 34.4 Å². The van der Waals surface area contributed by atoms with Crippen LogP contribution in [0, 0.1) is 26.7 Å². The summed E-state index contributed by atoms with van der Waals surface area (Å²) in [4.78, 5) is 24.5. The SMILES string of the molecule is CCC(=O)C(COC)C(=O)c1c(C)cc(C)cc1C. The molecule has 0 saturated heterocycles. The van der Waals surface area contributed by atoms with Crippen LogP contribution in [0.3, 0.4) is 0 Å². The fraction of sp³-hybridized carbons (Fsp3) is 0.500. The van der Waals surface area contributed by atoms with Gasteiger partial charge in [-0.15, -0.1) is 0 Å². The average Bonchev–Trinajstić information content (AvgIpc) is 2.33. The highest BCUT2D eigenvalue weighted by molar-refractivity contribution is 6.12. The highest BCUT2D eigenvalue weighted by atomic mass is 16.5. The Morgan fingerprint density at radius 1 is 1.16 bits per heavy atom. The molecule has 3 nitrogen and oxygen atoms in total. The summed E-state index contributed by atoms with van der Waals surface area (Å²) < 4.78 is 5.03. The van der Waals surface area contributed by atoms with E-state index in [4.69, 9.17) is 4.74 Å². The molecule has 0 aliphatic rings. The summed E-state index contributed by atoms with van der Waals surface area (Å²) in [5.74, 6) is -0.870. The van der Waals surface area contributed by atoms with E-state index in [-0.39, 0.29) is 18.2 Å². The van der Waals surface area contributed by atoms with Crippen LogP contribution in [0.25, 0.3) is 0 Å². The number of ketones is 2. The third kappa shape index (κ3) is 3.51. The van der Waals surface area contributed by atoms with Gasteiger partial charge < -0.3 is 4.74 Å². The molecule has 0 bridgehead atoms. The minimum Gasteiger partial charge on any atom is -0.383 e. The minimum atomic E-state index is -0.685. The molecule has 1 atom stereocenters. The summed E-state index contributed by atoms with van der Waals surface area (Å²) in [6.07, 6.45) is 0.351. The molecule has 0 radical (unpaired) electrons. The Morgan fingerprint density at radius 2 is 1.68 bits per heavy atom. The molecular formula is C16H22O3. The number of hydrogen-bond acceptors (Lipinski definition) is 3. The van der Waals surface area contributed by atoms with Crippen molar-refractivity contribution in [2.45, 2.75) is 34.1 Å². The molecule has 0 N–H and O–H groups in total. The molecule has 1 rings (SSSR count). The standard InChI is InChI=1S/C16H22O3/c1-6-14(17)13(9-19-5)16(18)15-11(3)7-10(2)8-12(15)4/h7-8,13H,6,9H2,1-5H3. The molecule has 19 heavy (non-hydrogen) atoms. The lowest BCUT2D eigenvalue weighted by Crippen LogP contribution is -2.29. The second kappa shape index (κ2) is 6.62. The molecule has 0 heterocycles. The quantitative estimate of drug-likeness (QED) is 0.584. The number of aryl methyl sites for hydroxylation is 3. The number of rotatable bonds is 6. The lowest BCUT2D eigenvalue weighted by molar-refractivity contribution is -0.122. The maximum Gasteiger partial charge on any atom is 0.176 e. The van der Waals surface area contributed by atoms with Crippen molar-refractivity contribution in [3.8, 4) is 0 Å². The van der Waals surface area contributed by atoms with E-state index >= 15 is 0 Å². The van der Waals surface area contributed by atoms with Crippen LogP contribution in [-0.2, 0) is 9.53 Å². The maximum atomic E-state index is 12.6. The molecule has 1 aromatic carbocycles. The van der Waals surface area contributed by atoms with Gasteiger partial charge >= 0.3 is 0 Å². The summed E-state index contributed by atoms with van der Waals surface area (Å²) in [6, 6.07) is 3.95. The Hall–Kier alpha value is -1.48. The number of carbonyl (C=O) groups excluding carboxylic acids is 2. The van der Waals surface area contributed by atoms with E-state index < -0.39 is 5.92 Å². The van der Waals surface area contributed by atoms with Gasteiger partial charge in [-0.2, -0.15) is 0 Å². The molecule has 0 aromatic heterocycles. The second-order valence-electron chi connectivity index (χ2n) is 4.97. The molecule has 0 aliphatic carbocycles. The van der Waals surface area contributed by atoms with Gasteiger partial charge in [-0.05, 0) is 31.9 Å². The van der Waals surface area contributed by atoms with Crippen LogP contribution < -0.4 is 0 Å². The molecule has 1 unspecified atom stereocenters. The summed E-state index contributed by atoms with van der Waals surface area (Å²) in [6.45, 7) is 7.74. The van der Waals surface area contributed by atoms with Crippen molar-refractivity contribution in [2.24, 2.45) is 5.92 Å². The molecule has 104 valence electrons. The van der Waals surface area contributed by atoms with Crippen LogP contribution in [0.15, 0.2) is 12.1 Å². The van der Waals surface area contributed by atoms with Gasteiger partial charge in [0.15, 0.2) is 5.78 Å². The zero-order valence-corrected chi connectivity index (χ0v) is 12.4. The minimum absolute atomic E-state index is 0.0637. The van der Waals surface area contributed by atoms with Crippen LogP contribution in [0.2, 0.25) is 0 Å². The van der Waals surface area contributed by atoms with E-state index in [0.29, 0.717) is 12.0 Å². The van der Waals surface area contributed by atoms with Crippen molar-refractivity contribution in [1.29, 1.82) is 0 Å². The van der Waals surface area contributed by atoms with E-state index in [0.717, 1.165) is 16.7 Å². The topological polar surface area (TPSA) is 43.4 Å². The van der Waals surface area contributed by atoms with Crippen LogP contribution in [0.4, 0.5) is 0 Å². The van der Waals surface area contributed by atoms with Gasteiger partial charge in [0.25, 0.3) is 0 Å². The van der Waals surface area contributed by atoms with Gasteiger partial charge in [-0.3, -0.25) is 9.59 Å². The number of ether oxygens (including phenoxy) is 1. The first-order valence-electron chi connectivity index (χ1n) is 6.56. The monoisotopic (exact) mass is 262 g/mol. The van der Waals surface area contributed by atoms with E-state index in [1.165, 1.54) is 7.11 Å². The third-order valence-electron chi connectivity index (χ3n) is 3.31. The Morgan fingerprint density at radius 3 is 2.11 bits per heavy atom. The van der Waals surface area contributed by atoms with Gasteiger partial charge in [0.1, 0.15) is 11.7 Å². The summed E-state index contributed by atoms with van der Waals surface area (Å²) in [5.41, 5.74) is 3.63. The normalized spacial score (nSPS) is 12.3. The fourth-order valence-corrected chi connectivity index (χ4v) is 2.47. The van der Waals surface area contributed by atoms with Crippen LogP contribution >= 0.6 is 0 Å². The molecule has 0 saturated carbocycles. The number of benzene rings is 1. The van der Waals surface area contributed by atoms with Gasteiger partial charge in [0.2, 0.25) is 0 Å². The van der Waals surface area contributed by atoms with Crippen molar-refractivity contribution in [3.63, 3.8) is 0 Å². The zero-order chi connectivity index (χ0) is 14.6. The first-order valence-corrected chi connectivity index (χ1v) is 6.56. The smallest absolute Gasteiger partial charge is 0.176 e. The second-order valence-corrected chi connectivity index (χ2v) is 4.97. The van der Waals surface area contributed by atoms with Crippen LogP contribution in [0.1, 0.15) is 40.4 Å². The maximum absolute atomic E-state index is 12.6. The highest BCUT2D eigenvalue weighted by Gasteiger charge is 2.28. The molecule has 0 aliphatic heterocycles. The molecule has 1 aromatic rings. The number of hydrogen-bond donors (Lipinski definition) is 0. The lowest BCUT2D eigenvalue weighted by Gasteiger charge is -2.17. The van der Waals surface area contributed by atoms with Crippen molar-refractivity contribution < 1.29 is 14.3 Å². The van der Waals surface area contributed by atoms with Gasteiger partial charge in [-0.25, -0.2) is 0 Å². The molecule has 0 spiro atoms. The first-order chi connectivity index (χ1) is 8.92. The summed E-state index contributed by atoms with van der Waals surface area (Å²) in [5, 5.41) is 0. The molecule has 0 amide bonds. The average molecular weight is 262 g/mol. The Balaban J connectivity index is 3.20. The van der Waals surface area contributed by atoms with E-state index in [9.17, 15) is 9.59 Å². The Labute approximate surface area is 115 Å². The number of Topliss-reactive ketones (excluding diaryl/α,β-unsaturated/α-hetero) is 2. The van der Waals surface area contributed by atoms with Crippen LogP contribution in [-0.4, -0.2) is 25.3 Å². The highest BCUT2D eigenvalue weighted by Crippen LogP contribution is 2.21. The molecule has 3 heteroatoms. The van der Waals surface area contributed by atoms with Gasteiger partial charge in [0, 0.05) is 19.1 Å². The summed E-state index contributed by atoms with van der Waals surface area (Å²) in [7, 11) is 1.51. The van der Waals surface area contributed by atoms with E-state index in [1.807, 2.05) is 32.9 Å². The van der Waals surface area contributed by atoms with Crippen molar-refractivity contribution in [2.75, 3.05) is 13.7 Å². The molecule has 0 fully saturated rings. The van der Waals surface area contributed by atoms with Gasteiger partial charge in [-0.1, -0.05) is 24.6 Å². The summed E-state index contributed by atoms with van der Waals surface area (Å²) >= 11 is 0. The first kappa shape index (κ1) is 15.6. The number of carbonyl (C=O) groups is 2. The lowest BCUT2D eigenvalue weighted by atomic mass is 9.87. The van der Waals surface area contributed by atoms with Crippen LogP contribution in [0.5, 0.6) is 0 Å². The third-order valence-corrected chi connectivity index (χ3v) is 3.31. The molecular weight excluding hydrogens is 240 g/mol. The predicted molar refractivity (Wildman–Crippen MR) is 75.6 cm³/mol. The van der Waals surface area contributed by atoms with Crippen molar-refractivity contribution >= 4 is 11.6 Å². The van der Waals surface area contributed by atoms with Crippen molar-refractivity contribution in [1.82, 2.24) is 0 Å². The zero-order valence-electron chi connectivity index (χ0n) is 12.4. The Kier molecular flexibility index (Phi) is 5.43. The predicted octanol–water partition coefficient (Wildman–Crippen LogP) is 3.04.